The predicted molar refractivity (Wildman–Crippen MR) is 76.6 cm³/mol. The van der Waals surface area contributed by atoms with Crippen LogP contribution >= 0.6 is 0 Å². The number of ether oxygens (including phenoxy) is 1. The van der Waals surface area contributed by atoms with Crippen molar-refractivity contribution in [3.8, 4) is 0 Å². The Morgan fingerprint density at radius 2 is 2.13 bits per heavy atom. The molecule has 10 heteroatoms. The van der Waals surface area contributed by atoms with Crippen LogP contribution in [-0.2, 0) is 26.2 Å². The van der Waals surface area contributed by atoms with Crippen LogP contribution in [0.25, 0.3) is 0 Å². The average molecular weight is 341 g/mol. The molecule has 23 heavy (non-hydrogen) atoms. The zero-order chi connectivity index (χ0) is 17.0. The summed E-state index contributed by atoms with van der Waals surface area (Å²) in [6.45, 7) is 1.43. The molecule has 0 bridgehead atoms. The van der Waals surface area contributed by atoms with Crippen LogP contribution in [0.5, 0.6) is 0 Å². The monoisotopic (exact) mass is 341 g/mol. The first-order valence-electron chi connectivity index (χ1n) is 6.44. The molecule has 9 nitrogen and oxygen atoms in total. The lowest BCUT2D eigenvalue weighted by molar-refractivity contribution is -0.0258. The van der Waals surface area contributed by atoms with Gasteiger partial charge in [0.2, 0.25) is 0 Å². The Kier molecular flexibility index (Phi) is 5.08. The van der Waals surface area contributed by atoms with Crippen LogP contribution in [0.15, 0.2) is 33.7 Å². The van der Waals surface area contributed by atoms with Crippen LogP contribution in [0.1, 0.15) is 22.1 Å². The molecule has 0 aliphatic carbocycles. The van der Waals surface area contributed by atoms with Crippen molar-refractivity contribution in [2.75, 3.05) is 14.2 Å². The number of aryl methyl sites for hydroxylation is 1. The molecule has 2 rings (SSSR count). The van der Waals surface area contributed by atoms with Crippen LogP contribution in [0.2, 0.25) is 0 Å². The van der Waals surface area contributed by atoms with E-state index >= 15 is 0 Å². The number of rotatable bonds is 6. The normalized spacial score (nSPS) is 11.7. The molecule has 0 saturated heterocycles. The fourth-order valence-corrected chi connectivity index (χ4v) is 2.66. The van der Waals surface area contributed by atoms with E-state index in [9.17, 15) is 13.2 Å². The van der Waals surface area contributed by atoms with Gasteiger partial charge in [-0.1, -0.05) is 15.7 Å². The highest BCUT2D eigenvalue weighted by Gasteiger charge is 2.22. The fourth-order valence-electron chi connectivity index (χ4n) is 1.64. The largest absolute Gasteiger partial charge is 0.452 e. The Balaban J connectivity index is 2.14. The average Bonchev–Trinajstić information content (AvgIpc) is 2.97. The van der Waals surface area contributed by atoms with Crippen molar-refractivity contribution in [2.45, 2.75) is 18.4 Å². The SMILES string of the molecule is CON(C)S(=O)(=O)c1cccc(C(=O)OCc2nc(C)no2)c1. The minimum absolute atomic E-state index is 0.0758. The Morgan fingerprint density at radius 1 is 1.39 bits per heavy atom. The van der Waals surface area contributed by atoms with Gasteiger partial charge in [0.25, 0.3) is 15.9 Å². The summed E-state index contributed by atoms with van der Waals surface area (Å²) in [5, 5.41) is 3.57. The fraction of sp³-hybridized carbons (Fsp3) is 0.308. The van der Waals surface area contributed by atoms with Crippen molar-refractivity contribution in [1.29, 1.82) is 0 Å². The molecule has 124 valence electrons. The van der Waals surface area contributed by atoms with Crippen molar-refractivity contribution < 1.29 is 27.3 Å². The number of sulfonamides is 1. The van der Waals surface area contributed by atoms with Crippen molar-refractivity contribution >= 4 is 16.0 Å². The van der Waals surface area contributed by atoms with Gasteiger partial charge in [0, 0.05) is 7.05 Å². The second-order valence-corrected chi connectivity index (χ2v) is 6.37. The predicted octanol–water partition coefficient (Wildman–Crippen LogP) is 0.917. The highest BCUT2D eigenvalue weighted by Crippen LogP contribution is 2.17. The van der Waals surface area contributed by atoms with Gasteiger partial charge in [-0.2, -0.15) is 4.98 Å². The molecule has 0 fully saturated rings. The molecule has 0 N–H and O–H groups in total. The van der Waals surface area contributed by atoms with Crippen molar-refractivity contribution in [3.05, 3.63) is 41.5 Å². The lowest BCUT2D eigenvalue weighted by Crippen LogP contribution is -2.25. The summed E-state index contributed by atoms with van der Waals surface area (Å²) in [4.78, 5) is 20.5. The van der Waals surface area contributed by atoms with Gasteiger partial charge in [0.1, 0.15) is 0 Å². The van der Waals surface area contributed by atoms with E-state index in [0.29, 0.717) is 10.3 Å². The molecule has 2 aromatic rings. The van der Waals surface area contributed by atoms with Crippen LogP contribution in [0, 0.1) is 6.92 Å². The molecule has 0 atom stereocenters. The molecule has 0 radical (unpaired) electrons. The van der Waals surface area contributed by atoms with E-state index in [1.54, 1.807) is 6.92 Å². The summed E-state index contributed by atoms with van der Waals surface area (Å²) in [5.41, 5.74) is 0.0758. The minimum Gasteiger partial charge on any atom is -0.452 e. The van der Waals surface area contributed by atoms with E-state index < -0.39 is 16.0 Å². The number of hydrogen-bond acceptors (Lipinski definition) is 8. The van der Waals surface area contributed by atoms with E-state index in [1.807, 2.05) is 0 Å². The van der Waals surface area contributed by atoms with Gasteiger partial charge >= 0.3 is 5.97 Å². The Hall–Kier alpha value is -2.30. The summed E-state index contributed by atoms with van der Waals surface area (Å²) in [5.74, 6) is -0.136. The summed E-state index contributed by atoms with van der Waals surface area (Å²) in [6.07, 6.45) is 0. The van der Waals surface area contributed by atoms with Gasteiger partial charge in [-0.25, -0.2) is 13.2 Å². The van der Waals surface area contributed by atoms with E-state index in [1.165, 1.54) is 38.4 Å². The number of hydrogen-bond donors (Lipinski definition) is 0. The number of carbonyl (C=O) groups is 1. The van der Waals surface area contributed by atoms with Gasteiger partial charge in [-0.3, -0.25) is 4.84 Å². The summed E-state index contributed by atoms with van der Waals surface area (Å²) in [6, 6.07) is 5.42. The highest BCUT2D eigenvalue weighted by molar-refractivity contribution is 7.89. The smallest absolute Gasteiger partial charge is 0.338 e. The van der Waals surface area contributed by atoms with Crippen molar-refractivity contribution in [2.24, 2.45) is 0 Å². The Bertz CT molecular complexity index is 802. The number of nitrogens with zero attached hydrogens (tertiary/aromatic N) is 3. The maximum Gasteiger partial charge on any atom is 0.338 e. The number of benzene rings is 1. The number of esters is 1. The lowest BCUT2D eigenvalue weighted by atomic mass is 10.2. The summed E-state index contributed by atoms with van der Waals surface area (Å²) in [7, 11) is -1.37. The van der Waals surface area contributed by atoms with Crippen LogP contribution in [0.4, 0.5) is 0 Å². The maximum absolute atomic E-state index is 12.1. The summed E-state index contributed by atoms with van der Waals surface area (Å²) >= 11 is 0. The third-order valence-electron chi connectivity index (χ3n) is 2.86. The number of hydroxylamine groups is 1. The minimum atomic E-state index is -3.85. The molecule has 0 aliphatic heterocycles. The van der Waals surface area contributed by atoms with E-state index in [2.05, 4.69) is 15.0 Å². The maximum atomic E-state index is 12.1. The lowest BCUT2D eigenvalue weighted by Gasteiger charge is -2.14. The standard InChI is InChI=1S/C13H15N3O6S/c1-9-14-12(22-15-9)8-21-13(17)10-5-4-6-11(7-10)23(18,19)16(2)20-3/h4-7H,8H2,1-3H3. The van der Waals surface area contributed by atoms with Gasteiger partial charge in [0.05, 0.1) is 17.6 Å². The third-order valence-corrected chi connectivity index (χ3v) is 4.54. The Labute approximate surface area is 132 Å². The van der Waals surface area contributed by atoms with Crippen molar-refractivity contribution in [3.63, 3.8) is 0 Å². The first-order chi connectivity index (χ1) is 10.8. The van der Waals surface area contributed by atoms with Gasteiger partial charge in [-0.05, 0) is 25.1 Å². The van der Waals surface area contributed by atoms with Crippen LogP contribution < -0.4 is 0 Å². The van der Waals surface area contributed by atoms with E-state index in [0.717, 1.165) is 0 Å². The first kappa shape index (κ1) is 17.1. The summed E-state index contributed by atoms with van der Waals surface area (Å²) < 4.78 is 34.8. The molecule has 0 spiro atoms. The van der Waals surface area contributed by atoms with E-state index in [4.69, 9.17) is 9.26 Å². The molecule has 1 aromatic carbocycles. The van der Waals surface area contributed by atoms with E-state index in [-0.39, 0.29) is 23.0 Å². The van der Waals surface area contributed by atoms with Gasteiger partial charge in [0.15, 0.2) is 12.4 Å². The van der Waals surface area contributed by atoms with Crippen LogP contribution in [-0.4, -0.2) is 43.2 Å². The van der Waals surface area contributed by atoms with Crippen LogP contribution in [0.3, 0.4) is 0 Å². The molecule has 1 aromatic heterocycles. The zero-order valence-corrected chi connectivity index (χ0v) is 13.5. The zero-order valence-electron chi connectivity index (χ0n) is 12.7. The van der Waals surface area contributed by atoms with Gasteiger partial charge in [-0.15, -0.1) is 0 Å². The molecule has 1 heterocycles. The molecular weight excluding hydrogens is 326 g/mol. The number of carbonyl (C=O) groups excluding carboxylic acids is 1. The second-order valence-electron chi connectivity index (χ2n) is 4.44. The first-order valence-corrected chi connectivity index (χ1v) is 7.88. The molecule has 0 aliphatic rings. The molecule has 0 unspecified atom stereocenters. The topological polar surface area (TPSA) is 112 Å². The Morgan fingerprint density at radius 3 is 2.74 bits per heavy atom. The number of aromatic nitrogens is 2. The highest BCUT2D eigenvalue weighted by atomic mass is 32.2. The quantitative estimate of drug-likeness (QED) is 0.563. The third kappa shape index (κ3) is 3.92. The second kappa shape index (κ2) is 6.86. The molecule has 0 saturated carbocycles. The van der Waals surface area contributed by atoms with Crippen molar-refractivity contribution in [1.82, 2.24) is 14.6 Å². The molecule has 0 amide bonds. The van der Waals surface area contributed by atoms with Gasteiger partial charge < -0.3 is 9.26 Å². The molecular formula is C13H15N3O6S.